The first-order valence-electron chi connectivity index (χ1n) is 6.05. The van der Waals surface area contributed by atoms with Crippen LogP contribution in [-0.4, -0.2) is 11.5 Å². The van der Waals surface area contributed by atoms with Crippen LogP contribution in [0.5, 0.6) is 0 Å². The molecule has 0 aromatic heterocycles. The largest absolute Gasteiger partial charge is 0.293 e. The van der Waals surface area contributed by atoms with Crippen LogP contribution >= 0.6 is 27.7 Å². The first kappa shape index (κ1) is 14.4. The van der Waals surface area contributed by atoms with Crippen LogP contribution in [0.25, 0.3) is 0 Å². The van der Waals surface area contributed by atoms with Gasteiger partial charge in [0.1, 0.15) is 0 Å². The fraction of sp³-hybridized carbons (Fsp3) is 0.188. The van der Waals surface area contributed by atoms with Gasteiger partial charge >= 0.3 is 0 Å². The number of aryl methyl sites for hydroxylation is 2. The molecular formula is C16H15BrOS. The molecule has 0 aliphatic heterocycles. The van der Waals surface area contributed by atoms with E-state index in [1.54, 1.807) is 11.8 Å². The van der Waals surface area contributed by atoms with Crippen LogP contribution in [0, 0.1) is 13.8 Å². The van der Waals surface area contributed by atoms with Gasteiger partial charge in [-0.1, -0.05) is 45.8 Å². The van der Waals surface area contributed by atoms with Crippen LogP contribution < -0.4 is 0 Å². The van der Waals surface area contributed by atoms with Gasteiger partial charge in [-0.3, -0.25) is 4.79 Å². The average molecular weight is 335 g/mol. The van der Waals surface area contributed by atoms with E-state index in [-0.39, 0.29) is 5.78 Å². The maximum absolute atomic E-state index is 12.2. The van der Waals surface area contributed by atoms with Gasteiger partial charge in [-0.05, 0) is 37.6 Å². The quantitative estimate of drug-likeness (QED) is 0.575. The molecule has 0 radical (unpaired) electrons. The number of Topliss-reactive ketones (excluding diaryl/α,β-unsaturated/α-hetero) is 1. The van der Waals surface area contributed by atoms with Gasteiger partial charge in [-0.25, -0.2) is 0 Å². The van der Waals surface area contributed by atoms with Crippen molar-refractivity contribution in [2.75, 3.05) is 5.75 Å². The molecule has 2 rings (SSSR count). The summed E-state index contributed by atoms with van der Waals surface area (Å²) >= 11 is 5.01. The highest BCUT2D eigenvalue weighted by Gasteiger charge is 2.09. The van der Waals surface area contributed by atoms with Crippen LogP contribution in [0.2, 0.25) is 0 Å². The Labute approximate surface area is 126 Å². The number of ketones is 1. The fourth-order valence-electron chi connectivity index (χ4n) is 1.91. The molecule has 0 fully saturated rings. The number of rotatable bonds is 4. The van der Waals surface area contributed by atoms with Crippen molar-refractivity contribution in [3.63, 3.8) is 0 Å². The molecule has 3 heteroatoms. The van der Waals surface area contributed by atoms with Crippen LogP contribution in [0.1, 0.15) is 21.5 Å². The van der Waals surface area contributed by atoms with Gasteiger partial charge in [0.05, 0.1) is 5.75 Å². The summed E-state index contributed by atoms with van der Waals surface area (Å²) in [6.45, 7) is 4.03. The van der Waals surface area contributed by atoms with E-state index in [2.05, 4.69) is 22.0 Å². The van der Waals surface area contributed by atoms with Gasteiger partial charge < -0.3 is 0 Å². The predicted molar refractivity (Wildman–Crippen MR) is 85.1 cm³/mol. The number of carbonyl (C=O) groups excluding carboxylic acids is 1. The Morgan fingerprint density at radius 2 is 1.95 bits per heavy atom. The molecule has 2 aromatic rings. The predicted octanol–water partition coefficient (Wildman–Crippen LogP) is 5.04. The van der Waals surface area contributed by atoms with Crippen molar-refractivity contribution in [2.24, 2.45) is 0 Å². The third-order valence-corrected chi connectivity index (χ3v) is 4.34. The Balaban J connectivity index is 2.05. The molecule has 0 bridgehead atoms. The smallest absolute Gasteiger partial charge is 0.173 e. The molecule has 0 saturated carbocycles. The second-order valence-corrected chi connectivity index (χ2v) is 6.45. The Kier molecular flexibility index (Phi) is 4.83. The van der Waals surface area contributed by atoms with E-state index in [0.717, 1.165) is 20.5 Å². The Bertz CT molecular complexity index is 607. The maximum atomic E-state index is 12.2. The Hall–Kier alpha value is -1.06. The Morgan fingerprint density at radius 1 is 1.16 bits per heavy atom. The van der Waals surface area contributed by atoms with E-state index in [9.17, 15) is 4.79 Å². The SMILES string of the molecule is Cc1ccc(C(=O)CSc2cccc(Br)c2)c(C)c1. The van der Waals surface area contributed by atoms with Crippen LogP contribution in [0.4, 0.5) is 0 Å². The first-order valence-corrected chi connectivity index (χ1v) is 7.83. The standard InChI is InChI=1S/C16H15BrOS/c1-11-6-7-15(12(2)8-11)16(18)10-19-14-5-3-4-13(17)9-14/h3-9H,10H2,1-2H3. The van der Waals surface area contributed by atoms with Crippen molar-refractivity contribution in [2.45, 2.75) is 18.7 Å². The summed E-state index contributed by atoms with van der Waals surface area (Å²) in [5.74, 6) is 0.655. The lowest BCUT2D eigenvalue weighted by atomic mass is 10.0. The molecule has 0 atom stereocenters. The van der Waals surface area contributed by atoms with Gasteiger partial charge in [0.25, 0.3) is 0 Å². The topological polar surface area (TPSA) is 17.1 Å². The lowest BCUT2D eigenvalue weighted by Crippen LogP contribution is -2.04. The van der Waals surface area contributed by atoms with Gasteiger partial charge in [0.2, 0.25) is 0 Å². The van der Waals surface area contributed by atoms with E-state index in [1.165, 1.54) is 5.56 Å². The highest BCUT2D eigenvalue weighted by Crippen LogP contribution is 2.23. The minimum atomic E-state index is 0.183. The lowest BCUT2D eigenvalue weighted by Gasteiger charge is -2.06. The monoisotopic (exact) mass is 334 g/mol. The van der Waals surface area contributed by atoms with Gasteiger partial charge in [-0.2, -0.15) is 0 Å². The van der Waals surface area contributed by atoms with E-state index in [1.807, 2.05) is 50.2 Å². The van der Waals surface area contributed by atoms with E-state index >= 15 is 0 Å². The summed E-state index contributed by atoms with van der Waals surface area (Å²) in [7, 11) is 0. The molecule has 0 aliphatic carbocycles. The molecule has 0 spiro atoms. The molecule has 0 unspecified atom stereocenters. The molecular weight excluding hydrogens is 320 g/mol. The molecule has 0 heterocycles. The molecule has 98 valence electrons. The van der Waals surface area contributed by atoms with Gasteiger partial charge in [0, 0.05) is 14.9 Å². The van der Waals surface area contributed by atoms with Crippen molar-refractivity contribution in [3.8, 4) is 0 Å². The highest BCUT2D eigenvalue weighted by molar-refractivity contribution is 9.10. The zero-order chi connectivity index (χ0) is 13.8. The number of hydrogen-bond acceptors (Lipinski definition) is 2. The van der Waals surface area contributed by atoms with E-state index < -0.39 is 0 Å². The second-order valence-electron chi connectivity index (χ2n) is 4.49. The minimum Gasteiger partial charge on any atom is -0.293 e. The first-order chi connectivity index (χ1) is 9.06. The third-order valence-electron chi connectivity index (χ3n) is 2.85. The van der Waals surface area contributed by atoms with Gasteiger partial charge in [-0.15, -0.1) is 11.8 Å². The molecule has 2 aromatic carbocycles. The second kappa shape index (κ2) is 6.40. The number of benzene rings is 2. The van der Waals surface area contributed by atoms with Crippen molar-refractivity contribution < 1.29 is 4.79 Å². The summed E-state index contributed by atoms with van der Waals surface area (Å²) in [4.78, 5) is 13.3. The van der Waals surface area contributed by atoms with E-state index in [4.69, 9.17) is 0 Å². The van der Waals surface area contributed by atoms with Gasteiger partial charge in [0.15, 0.2) is 5.78 Å². The minimum absolute atomic E-state index is 0.183. The maximum Gasteiger partial charge on any atom is 0.173 e. The summed E-state index contributed by atoms with van der Waals surface area (Å²) in [5.41, 5.74) is 3.07. The van der Waals surface area contributed by atoms with E-state index in [0.29, 0.717) is 5.75 Å². The van der Waals surface area contributed by atoms with Crippen molar-refractivity contribution >= 4 is 33.5 Å². The number of hydrogen-bond donors (Lipinski definition) is 0. The number of halogens is 1. The molecule has 0 aliphatic rings. The van der Waals surface area contributed by atoms with Crippen molar-refractivity contribution in [1.29, 1.82) is 0 Å². The summed E-state index contributed by atoms with van der Waals surface area (Å²) in [6, 6.07) is 14.0. The Morgan fingerprint density at radius 3 is 2.63 bits per heavy atom. The zero-order valence-corrected chi connectivity index (χ0v) is 13.3. The van der Waals surface area contributed by atoms with Crippen molar-refractivity contribution in [1.82, 2.24) is 0 Å². The fourth-order valence-corrected chi connectivity index (χ4v) is 3.30. The zero-order valence-electron chi connectivity index (χ0n) is 10.9. The number of carbonyl (C=O) groups is 1. The summed E-state index contributed by atoms with van der Waals surface area (Å²) in [6.07, 6.45) is 0. The average Bonchev–Trinajstić information content (AvgIpc) is 2.36. The third kappa shape index (κ3) is 3.95. The van der Waals surface area contributed by atoms with Crippen molar-refractivity contribution in [3.05, 3.63) is 63.6 Å². The molecule has 1 nitrogen and oxygen atoms in total. The molecule has 0 N–H and O–H groups in total. The van der Waals surface area contributed by atoms with Crippen LogP contribution in [0.3, 0.4) is 0 Å². The van der Waals surface area contributed by atoms with Crippen LogP contribution in [0.15, 0.2) is 51.8 Å². The van der Waals surface area contributed by atoms with Crippen LogP contribution in [-0.2, 0) is 0 Å². The molecule has 0 saturated heterocycles. The molecule has 19 heavy (non-hydrogen) atoms. The summed E-state index contributed by atoms with van der Waals surface area (Å²) in [5, 5.41) is 0. The normalized spacial score (nSPS) is 10.5. The summed E-state index contributed by atoms with van der Waals surface area (Å²) < 4.78 is 1.04. The lowest BCUT2D eigenvalue weighted by molar-refractivity contribution is 0.102. The number of thioether (sulfide) groups is 1. The highest BCUT2D eigenvalue weighted by atomic mass is 79.9. The molecule has 0 amide bonds.